The zero-order chi connectivity index (χ0) is 21.4. The van der Waals surface area contributed by atoms with Gasteiger partial charge in [-0.25, -0.2) is 13.4 Å². The van der Waals surface area contributed by atoms with Crippen LogP contribution in [-0.4, -0.2) is 46.8 Å². The maximum Gasteiger partial charge on any atom is 1.00 e. The summed E-state index contributed by atoms with van der Waals surface area (Å²) in [5, 5.41) is 28.6. The van der Waals surface area contributed by atoms with Gasteiger partial charge in [0, 0.05) is 36.7 Å². The molecule has 0 fully saturated rings. The van der Waals surface area contributed by atoms with Gasteiger partial charge in [0.25, 0.3) is 5.69 Å². The summed E-state index contributed by atoms with van der Waals surface area (Å²) >= 11 is 0. The molecule has 1 heterocycles. The van der Waals surface area contributed by atoms with E-state index in [1.54, 1.807) is 6.07 Å². The average molecular weight is 468 g/mol. The van der Waals surface area contributed by atoms with Crippen molar-refractivity contribution in [2.75, 3.05) is 23.7 Å². The van der Waals surface area contributed by atoms with Crippen molar-refractivity contribution in [2.45, 2.75) is 19.8 Å². The first-order chi connectivity index (χ1) is 13.7. The molecule has 0 saturated heterocycles. The molecule has 0 aliphatic rings. The second-order valence-electron chi connectivity index (χ2n) is 6.11. The van der Waals surface area contributed by atoms with Gasteiger partial charge in [-0.2, -0.15) is 0 Å². The number of nitro groups is 1. The van der Waals surface area contributed by atoms with Crippen molar-refractivity contribution in [2.24, 2.45) is 10.2 Å². The molecule has 0 radical (unpaired) electrons. The summed E-state index contributed by atoms with van der Waals surface area (Å²) in [6.07, 6.45) is 2.03. The number of hydrogen-bond donors (Lipinski definition) is 1. The Bertz CT molecular complexity index is 989. The van der Waals surface area contributed by atoms with E-state index in [9.17, 15) is 28.2 Å². The van der Waals surface area contributed by atoms with Gasteiger partial charge < -0.3 is 14.6 Å². The number of anilines is 1. The molecule has 0 atom stereocenters. The summed E-state index contributed by atoms with van der Waals surface area (Å²) in [6, 6.07) is 7.28. The third-order valence-electron chi connectivity index (χ3n) is 3.84. The molecule has 0 saturated carbocycles. The Morgan fingerprint density at radius 3 is 2.39 bits per heavy atom. The van der Waals surface area contributed by atoms with Crippen molar-refractivity contribution < 1.29 is 82.1 Å². The molecule has 1 aromatic heterocycles. The smallest absolute Gasteiger partial charge is 0.748 e. The van der Waals surface area contributed by atoms with E-state index in [2.05, 4.69) is 15.2 Å². The first-order valence-electron chi connectivity index (χ1n) is 8.73. The van der Waals surface area contributed by atoms with E-state index in [1.165, 1.54) is 24.3 Å². The molecule has 14 heteroatoms. The van der Waals surface area contributed by atoms with E-state index in [-0.39, 0.29) is 88.5 Å². The SMILES string of the molecule is CCCN(CCCS(=O)(=O)[O-])c1ccc(N=Nc2ccc([N+](=O)[O-])cn2)c(O)c1.[Na+].[Na+]. The zero-order valence-corrected chi connectivity index (χ0v) is 22.4. The summed E-state index contributed by atoms with van der Waals surface area (Å²) in [5.41, 5.74) is 0.657. The molecule has 1 aromatic carbocycles. The Kier molecular flexibility index (Phi) is 13.6. The number of benzene rings is 1. The monoisotopic (exact) mass is 468 g/mol. The second-order valence-corrected chi connectivity index (χ2v) is 7.63. The zero-order valence-electron chi connectivity index (χ0n) is 17.6. The largest absolute Gasteiger partial charge is 1.00 e. The van der Waals surface area contributed by atoms with Gasteiger partial charge in [0.1, 0.15) is 17.6 Å². The predicted octanol–water partition coefficient (Wildman–Crippen LogP) is -2.73. The van der Waals surface area contributed by atoms with E-state index in [4.69, 9.17) is 0 Å². The van der Waals surface area contributed by atoms with E-state index in [1.807, 2.05) is 11.8 Å². The fraction of sp³-hybridized carbons (Fsp3) is 0.353. The molecule has 31 heavy (non-hydrogen) atoms. The van der Waals surface area contributed by atoms with Gasteiger partial charge in [-0.05, 0) is 31.0 Å². The molecule has 0 aliphatic heterocycles. The fourth-order valence-electron chi connectivity index (χ4n) is 2.52. The summed E-state index contributed by atoms with van der Waals surface area (Å²) in [5.74, 6) is -0.454. The van der Waals surface area contributed by atoms with Crippen molar-refractivity contribution in [1.29, 1.82) is 0 Å². The standard InChI is InChI=1S/C17H21N5O6S.2Na/c1-2-8-21(9-3-10-29(26,27)28)13-4-6-15(16(23)11-13)19-20-17-7-5-14(12-18-17)22(24)25;;/h4-7,11-12,23H,2-3,8-10H2,1H3,(H,26,27,28);;/q;2*+1/p-1. The first-order valence-corrected chi connectivity index (χ1v) is 10.3. The minimum Gasteiger partial charge on any atom is -0.748 e. The molecule has 156 valence electrons. The minimum atomic E-state index is -4.27. The molecule has 0 amide bonds. The van der Waals surface area contributed by atoms with Crippen LogP contribution in [0.25, 0.3) is 0 Å². The normalized spacial score (nSPS) is 10.9. The van der Waals surface area contributed by atoms with Crippen molar-refractivity contribution in [3.63, 3.8) is 0 Å². The summed E-state index contributed by atoms with van der Waals surface area (Å²) in [7, 11) is -4.27. The molecule has 0 bridgehead atoms. The fourth-order valence-corrected chi connectivity index (χ4v) is 3.00. The maximum absolute atomic E-state index is 10.8. The number of hydrogen-bond acceptors (Lipinski definition) is 10. The summed E-state index contributed by atoms with van der Waals surface area (Å²) in [6.45, 7) is 2.92. The number of azo groups is 1. The van der Waals surface area contributed by atoms with Crippen LogP contribution >= 0.6 is 0 Å². The first kappa shape index (κ1) is 29.9. The number of aromatic hydroxyl groups is 1. The van der Waals surface area contributed by atoms with Gasteiger partial charge in [0.2, 0.25) is 0 Å². The van der Waals surface area contributed by atoms with E-state index < -0.39 is 20.8 Å². The number of nitrogens with zero attached hydrogens (tertiary/aromatic N) is 5. The Morgan fingerprint density at radius 1 is 1.16 bits per heavy atom. The molecule has 2 rings (SSSR count). The quantitative estimate of drug-likeness (QED) is 0.129. The molecule has 0 spiro atoms. The maximum atomic E-state index is 10.8. The molecule has 0 unspecified atom stereocenters. The molecule has 1 N–H and O–H groups in total. The molecule has 0 aliphatic carbocycles. The van der Waals surface area contributed by atoms with Gasteiger partial charge >= 0.3 is 59.1 Å². The van der Waals surface area contributed by atoms with Crippen LogP contribution in [0.3, 0.4) is 0 Å². The average Bonchev–Trinajstić information content (AvgIpc) is 2.65. The van der Waals surface area contributed by atoms with Crippen LogP contribution in [0.15, 0.2) is 46.8 Å². The van der Waals surface area contributed by atoms with Gasteiger partial charge in [-0.15, -0.1) is 10.2 Å². The van der Waals surface area contributed by atoms with Gasteiger partial charge in [0.05, 0.1) is 15.0 Å². The van der Waals surface area contributed by atoms with Crippen molar-refractivity contribution >= 4 is 33.0 Å². The summed E-state index contributed by atoms with van der Waals surface area (Å²) < 4.78 is 32.3. The van der Waals surface area contributed by atoms with Crippen molar-refractivity contribution in [1.82, 2.24) is 4.98 Å². The number of pyridine rings is 1. The van der Waals surface area contributed by atoms with Crippen LogP contribution in [0, 0.1) is 10.1 Å². The number of phenols is 1. The van der Waals surface area contributed by atoms with Gasteiger partial charge in [-0.1, -0.05) is 6.92 Å². The minimum absolute atomic E-state index is 0. The Morgan fingerprint density at radius 2 is 1.87 bits per heavy atom. The van der Waals surface area contributed by atoms with Crippen molar-refractivity contribution in [3.05, 3.63) is 46.6 Å². The molecule has 2 aromatic rings. The molecular weight excluding hydrogens is 448 g/mol. The Hall–Kier alpha value is -1.12. The summed E-state index contributed by atoms with van der Waals surface area (Å²) in [4.78, 5) is 15.7. The second kappa shape index (κ2) is 14.1. The van der Waals surface area contributed by atoms with Crippen molar-refractivity contribution in [3.8, 4) is 5.75 Å². The number of aromatic nitrogens is 1. The van der Waals surface area contributed by atoms with E-state index in [0.29, 0.717) is 18.8 Å². The topological polar surface area (TPSA) is 161 Å². The predicted molar refractivity (Wildman–Crippen MR) is 105 cm³/mol. The third-order valence-corrected chi connectivity index (χ3v) is 4.63. The van der Waals surface area contributed by atoms with E-state index >= 15 is 0 Å². The van der Waals surface area contributed by atoms with Crippen LogP contribution in [0.4, 0.5) is 22.9 Å². The molecule has 11 nitrogen and oxygen atoms in total. The number of phenolic OH excluding ortho intramolecular Hbond substituents is 1. The Balaban J connectivity index is 0.00000450. The Labute approximate surface area is 224 Å². The van der Waals surface area contributed by atoms with Gasteiger partial charge in [-0.3, -0.25) is 10.1 Å². The van der Waals surface area contributed by atoms with Gasteiger partial charge in [0.15, 0.2) is 5.82 Å². The van der Waals surface area contributed by atoms with Crippen LogP contribution < -0.4 is 64.0 Å². The third kappa shape index (κ3) is 10.4. The molecular formula is C17H20N5Na2O6S+. The van der Waals surface area contributed by atoms with Crippen LogP contribution in [0.2, 0.25) is 0 Å². The number of rotatable bonds is 10. The van der Waals surface area contributed by atoms with Crippen LogP contribution in [0.5, 0.6) is 5.75 Å². The van der Waals surface area contributed by atoms with Crippen LogP contribution in [-0.2, 0) is 10.1 Å². The van der Waals surface area contributed by atoms with E-state index in [0.717, 1.165) is 12.6 Å². The van der Waals surface area contributed by atoms with Crippen LogP contribution in [0.1, 0.15) is 19.8 Å².